The van der Waals surface area contributed by atoms with Gasteiger partial charge in [-0.2, -0.15) is 0 Å². The van der Waals surface area contributed by atoms with Crippen LogP contribution in [0.2, 0.25) is 5.02 Å². The summed E-state index contributed by atoms with van der Waals surface area (Å²) in [5, 5.41) is 16.8. The second kappa shape index (κ2) is 11.0. The molecule has 3 aromatic heterocycles. The number of anilines is 2. The minimum Gasteiger partial charge on any atom is -0.450 e. The van der Waals surface area contributed by atoms with Crippen molar-refractivity contribution >= 4 is 40.1 Å². The van der Waals surface area contributed by atoms with E-state index in [2.05, 4.69) is 25.6 Å². The van der Waals surface area contributed by atoms with Gasteiger partial charge in [-0.05, 0) is 55.3 Å². The van der Waals surface area contributed by atoms with Crippen LogP contribution in [0.25, 0.3) is 28.1 Å². The molecule has 39 heavy (non-hydrogen) atoms. The van der Waals surface area contributed by atoms with E-state index >= 15 is 0 Å². The van der Waals surface area contributed by atoms with E-state index in [0.29, 0.717) is 28.3 Å². The Labute approximate surface area is 227 Å². The number of carbonyl (C=O) groups excluding carboxylic acids is 1. The normalized spacial score (nSPS) is 11.9. The van der Waals surface area contributed by atoms with Crippen molar-refractivity contribution in [2.24, 2.45) is 0 Å². The van der Waals surface area contributed by atoms with E-state index in [-0.39, 0.29) is 23.7 Å². The lowest BCUT2D eigenvalue weighted by Gasteiger charge is -2.16. The van der Waals surface area contributed by atoms with Gasteiger partial charge in [-0.25, -0.2) is 14.8 Å². The van der Waals surface area contributed by atoms with E-state index in [0.717, 1.165) is 22.3 Å². The van der Waals surface area contributed by atoms with Crippen LogP contribution < -0.4 is 16.2 Å². The molecule has 5 N–H and O–H groups in total. The number of amides is 1. The highest BCUT2D eigenvalue weighted by Gasteiger charge is 2.18. The number of ether oxygens (including phenoxy) is 1. The van der Waals surface area contributed by atoms with E-state index in [4.69, 9.17) is 21.3 Å². The van der Waals surface area contributed by atoms with Gasteiger partial charge in [0.2, 0.25) is 0 Å². The molecule has 3 heterocycles. The number of nitrogens with zero attached hydrogens (tertiary/aromatic N) is 3. The lowest BCUT2D eigenvalue weighted by atomic mass is 10.1. The number of aromatic nitrogens is 5. The fourth-order valence-corrected chi connectivity index (χ4v) is 4.49. The number of rotatable bonds is 8. The number of aliphatic hydroxyl groups excluding tert-OH is 1. The fraction of sp³-hybridized carbons (Fsp3) is 0.185. The molecule has 5 aromatic rings. The SMILES string of the molecule is CCOC(=O)Nc1ccc(C(O)CNc2cc[nH]c(=O)c2-c2nc3c(C)cc(-n4ccnc4)cc3[nH]2)cc1Cl. The lowest BCUT2D eigenvalue weighted by molar-refractivity contribution is 0.168. The Morgan fingerprint density at radius 2 is 2.08 bits per heavy atom. The van der Waals surface area contributed by atoms with Crippen molar-refractivity contribution in [1.29, 1.82) is 0 Å². The molecule has 1 amide bonds. The van der Waals surface area contributed by atoms with Gasteiger partial charge in [-0.3, -0.25) is 10.1 Å². The monoisotopic (exact) mass is 547 g/mol. The number of hydrogen-bond acceptors (Lipinski definition) is 7. The number of benzene rings is 2. The first-order valence-electron chi connectivity index (χ1n) is 12.2. The number of pyridine rings is 1. The minimum atomic E-state index is -0.957. The van der Waals surface area contributed by atoms with E-state index in [1.165, 1.54) is 6.20 Å². The number of aromatic amines is 2. The Morgan fingerprint density at radius 1 is 1.23 bits per heavy atom. The molecule has 1 atom stereocenters. The molecule has 0 fully saturated rings. The van der Waals surface area contributed by atoms with E-state index in [1.807, 2.05) is 29.8 Å². The van der Waals surface area contributed by atoms with Gasteiger partial charge in [0, 0.05) is 30.8 Å². The molecule has 0 radical (unpaired) electrons. The Bertz CT molecular complexity index is 1690. The largest absolute Gasteiger partial charge is 0.450 e. The summed E-state index contributed by atoms with van der Waals surface area (Å²) in [6.07, 6.45) is 5.22. The van der Waals surface area contributed by atoms with Crippen LogP contribution in [0.15, 0.2) is 66.1 Å². The number of fused-ring (bicyclic) bond motifs is 1. The predicted octanol–water partition coefficient (Wildman–Crippen LogP) is 4.78. The maximum absolute atomic E-state index is 12.9. The summed E-state index contributed by atoms with van der Waals surface area (Å²) >= 11 is 6.29. The first kappa shape index (κ1) is 26.0. The highest BCUT2D eigenvalue weighted by atomic mass is 35.5. The molecule has 200 valence electrons. The fourth-order valence-electron chi connectivity index (χ4n) is 4.25. The zero-order valence-corrected chi connectivity index (χ0v) is 21.9. The number of nitrogens with one attached hydrogen (secondary N) is 4. The van der Waals surface area contributed by atoms with Crippen LogP contribution >= 0.6 is 11.6 Å². The summed E-state index contributed by atoms with van der Waals surface area (Å²) in [4.78, 5) is 39.3. The number of H-pyrrole nitrogens is 2. The van der Waals surface area contributed by atoms with Crippen LogP contribution in [0.4, 0.5) is 16.2 Å². The minimum absolute atomic E-state index is 0.0848. The molecular formula is C27H26ClN7O4. The molecule has 12 heteroatoms. The quantitative estimate of drug-likeness (QED) is 0.187. The maximum Gasteiger partial charge on any atom is 0.411 e. The lowest BCUT2D eigenvalue weighted by Crippen LogP contribution is -2.17. The molecule has 0 aliphatic rings. The maximum atomic E-state index is 12.9. The third kappa shape index (κ3) is 5.49. The topological polar surface area (TPSA) is 150 Å². The average Bonchev–Trinajstić information content (AvgIpc) is 3.59. The number of imidazole rings is 2. The summed E-state index contributed by atoms with van der Waals surface area (Å²) < 4.78 is 6.76. The predicted molar refractivity (Wildman–Crippen MR) is 150 cm³/mol. The van der Waals surface area contributed by atoms with Crippen LogP contribution in [0.1, 0.15) is 24.2 Å². The molecule has 2 aromatic carbocycles. The van der Waals surface area contributed by atoms with Gasteiger partial charge < -0.3 is 29.7 Å². The molecule has 5 rings (SSSR count). The van der Waals surface area contributed by atoms with Crippen molar-refractivity contribution in [3.05, 3.63) is 87.8 Å². The molecule has 0 spiro atoms. The number of carbonyl (C=O) groups is 1. The van der Waals surface area contributed by atoms with Crippen LogP contribution in [-0.4, -0.2) is 48.9 Å². The summed E-state index contributed by atoms with van der Waals surface area (Å²) in [5.41, 5.74) is 4.74. The van der Waals surface area contributed by atoms with Gasteiger partial charge in [-0.15, -0.1) is 0 Å². The molecule has 1 unspecified atom stereocenters. The van der Waals surface area contributed by atoms with Gasteiger partial charge >= 0.3 is 6.09 Å². The van der Waals surface area contributed by atoms with Crippen molar-refractivity contribution in [2.75, 3.05) is 23.8 Å². The molecule has 0 saturated carbocycles. The standard InChI is InChI=1S/C27H26ClN7O4/c1-3-39-27(38)33-19-5-4-16(11-18(19)28)22(36)13-31-20-6-7-30-26(37)23(20)25-32-21-12-17(35-9-8-29-14-35)10-15(2)24(21)34-25/h4-12,14,22,36H,3,13H2,1-2H3,(H,32,34)(H,33,38)(H2,30,31,37). The van der Waals surface area contributed by atoms with E-state index < -0.39 is 12.2 Å². The van der Waals surface area contributed by atoms with Gasteiger partial charge in [0.15, 0.2) is 0 Å². The average molecular weight is 548 g/mol. The summed E-state index contributed by atoms with van der Waals surface area (Å²) in [6, 6.07) is 10.5. The summed E-state index contributed by atoms with van der Waals surface area (Å²) in [5.74, 6) is 0.396. The van der Waals surface area contributed by atoms with Crippen molar-refractivity contribution in [1.82, 2.24) is 24.5 Å². The van der Waals surface area contributed by atoms with Crippen LogP contribution in [0, 0.1) is 6.92 Å². The highest BCUT2D eigenvalue weighted by Crippen LogP contribution is 2.29. The third-order valence-corrected chi connectivity index (χ3v) is 6.45. The first-order valence-corrected chi connectivity index (χ1v) is 12.6. The van der Waals surface area contributed by atoms with E-state index in [9.17, 15) is 14.7 Å². The second-order valence-corrected chi connectivity index (χ2v) is 9.20. The van der Waals surface area contributed by atoms with Gasteiger partial charge in [0.25, 0.3) is 5.56 Å². The Hall–Kier alpha value is -4.61. The van der Waals surface area contributed by atoms with Crippen LogP contribution in [0.3, 0.4) is 0 Å². The van der Waals surface area contributed by atoms with Crippen molar-refractivity contribution in [2.45, 2.75) is 20.0 Å². The zero-order valence-electron chi connectivity index (χ0n) is 21.2. The molecule has 0 saturated heterocycles. The molecular weight excluding hydrogens is 522 g/mol. The van der Waals surface area contributed by atoms with Gasteiger partial charge in [0.1, 0.15) is 11.4 Å². The number of hydrogen-bond donors (Lipinski definition) is 5. The van der Waals surface area contributed by atoms with Crippen LogP contribution in [-0.2, 0) is 4.74 Å². The summed E-state index contributed by atoms with van der Waals surface area (Å²) in [6.45, 7) is 3.97. The Balaban J connectivity index is 1.38. The molecule has 0 bridgehead atoms. The van der Waals surface area contributed by atoms with E-state index in [1.54, 1.807) is 43.7 Å². The van der Waals surface area contributed by atoms with Crippen LogP contribution in [0.5, 0.6) is 0 Å². The number of aryl methyl sites for hydroxylation is 1. The van der Waals surface area contributed by atoms with Gasteiger partial charge in [-0.1, -0.05) is 17.7 Å². The Morgan fingerprint density at radius 3 is 2.82 bits per heavy atom. The molecule has 11 nitrogen and oxygen atoms in total. The number of aliphatic hydroxyl groups is 1. The smallest absolute Gasteiger partial charge is 0.411 e. The van der Waals surface area contributed by atoms with Crippen molar-refractivity contribution in [3.8, 4) is 17.1 Å². The zero-order chi connectivity index (χ0) is 27.5. The third-order valence-electron chi connectivity index (χ3n) is 6.14. The van der Waals surface area contributed by atoms with Gasteiger partial charge in [0.05, 0.1) is 46.5 Å². The summed E-state index contributed by atoms with van der Waals surface area (Å²) in [7, 11) is 0. The first-order chi connectivity index (χ1) is 18.8. The van der Waals surface area contributed by atoms with Crippen molar-refractivity contribution in [3.63, 3.8) is 0 Å². The highest BCUT2D eigenvalue weighted by molar-refractivity contribution is 6.33. The Kier molecular flexibility index (Phi) is 7.35. The molecule has 0 aliphatic heterocycles. The number of halogens is 1. The van der Waals surface area contributed by atoms with Crippen molar-refractivity contribution < 1.29 is 14.6 Å². The molecule has 0 aliphatic carbocycles. The second-order valence-electron chi connectivity index (χ2n) is 8.79.